The highest BCUT2D eigenvalue weighted by molar-refractivity contribution is 7.99. The maximum atomic E-state index is 11.8. The Kier molecular flexibility index (Phi) is 5.28. The van der Waals surface area contributed by atoms with E-state index < -0.39 is 11.6 Å². The van der Waals surface area contributed by atoms with Crippen molar-refractivity contribution in [2.24, 2.45) is 0 Å². The van der Waals surface area contributed by atoms with E-state index in [4.69, 9.17) is 5.11 Å². The molecule has 0 saturated carbocycles. The first-order valence-electron chi connectivity index (χ1n) is 5.88. The van der Waals surface area contributed by atoms with Crippen molar-refractivity contribution < 1.29 is 19.8 Å². The third kappa shape index (κ3) is 4.06. The summed E-state index contributed by atoms with van der Waals surface area (Å²) in [5.41, 5.74) is -1.92. The lowest BCUT2D eigenvalue weighted by atomic mass is 10.1. The summed E-state index contributed by atoms with van der Waals surface area (Å²) in [5, 5.41) is 21.2. The Labute approximate surface area is 111 Å². The van der Waals surface area contributed by atoms with Gasteiger partial charge in [-0.05, 0) is 26.0 Å². The van der Waals surface area contributed by atoms with Crippen molar-refractivity contribution in [3.05, 3.63) is 0 Å². The Bertz CT molecular complexity index is 314. The molecule has 7 heteroatoms. The predicted molar refractivity (Wildman–Crippen MR) is 69.8 cm³/mol. The highest BCUT2D eigenvalue weighted by atomic mass is 32.2. The molecule has 1 unspecified atom stereocenters. The third-order valence-electron chi connectivity index (χ3n) is 3.11. The molecule has 2 amide bonds. The van der Waals surface area contributed by atoms with E-state index >= 15 is 0 Å². The van der Waals surface area contributed by atoms with Crippen molar-refractivity contribution in [2.75, 3.05) is 25.9 Å². The molecule has 1 heterocycles. The van der Waals surface area contributed by atoms with E-state index in [1.807, 2.05) is 0 Å². The number of likely N-dealkylation sites (tertiary alicyclic amines) is 1. The SMILES string of the molecule is CSC1CCN(C(=O)NCC(C)(O)C(=O)O)CC1. The van der Waals surface area contributed by atoms with Crippen LogP contribution in [0.3, 0.4) is 0 Å². The molecule has 0 aromatic heterocycles. The van der Waals surface area contributed by atoms with Crippen LogP contribution in [0.1, 0.15) is 19.8 Å². The Morgan fingerprint density at radius 2 is 2.00 bits per heavy atom. The molecule has 1 aliphatic rings. The van der Waals surface area contributed by atoms with Gasteiger partial charge >= 0.3 is 12.0 Å². The van der Waals surface area contributed by atoms with Crippen molar-refractivity contribution in [1.29, 1.82) is 0 Å². The Morgan fingerprint density at radius 1 is 1.44 bits per heavy atom. The molecule has 0 bridgehead atoms. The summed E-state index contributed by atoms with van der Waals surface area (Å²) in [6.07, 6.45) is 3.96. The zero-order valence-electron chi connectivity index (χ0n) is 10.7. The predicted octanol–water partition coefficient (Wildman–Crippen LogP) is 0.359. The first kappa shape index (κ1) is 15.1. The maximum absolute atomic E-state index is 11.8. The number of carboxylic acids is 1. The molecule has 1 saturated heterocycles. The number of amides is 2. The summed E-state index contributed by atoms with van der Waals surface area (Å²) in [6.45, 7) is 2.22. The first-order chi connectivity index (χ1) is 8.36. The molecule has 0 aliphatic carbocycles. The molecule has 1 fully saturated rings. The van der Waals surface area contributed by atoms with E-state index in [-0.39, 0.29) is 12.6 Å². The van der Waals surface area contributed by atoms with E-state index in [1.165, 1.54) is 0 Å². The average Bonchev–Trinajstić information content (AvgIpc) is 2.36. The van der Waals surface area contributed by atoms with Gasteiger partial charge in [-0.25, -0.2) is 9.59 Å². The van der Waals surface area contributed by atoms with Gasteiger partial charge in [-0.3, -0.25) is 0 Å². The fourth-order valence-corrected chi connectivity index (χ4v) is 2.41. The van der Waals surface area contributed by atoms with E-state index in [0.717, 1.165) is 19.8 Å². The molecule has 6 nitrogen and oxygen atoms in total. The minimum absolute atomic E-state index is 0.288. The second kappa shape index (κ2) is 6.29. The van der Waals surface area contributed by atoms with Crippen LogP contribution in [0.15, 0.2) is 0 Å². The summed E-state index contributed by atoms with van der Waals surface area (Å²) in [4.78, 5) is 24.1. The largest absolute Gasteiger partial charge is 0.479 e. The number of aliphatic hydroxyl groups is 1. The summed E-state index contributed by atoms with van der Waals surface area (Å²) in [5.74, 6) is -1.34. The van der Waals surface area contributed by atoms with Crippen molar-refractivity contribution in [2.45, 2.75) is 30.6 Å². The number of carboxylic acid groups (broad SMARTS) is 1. The Balaban J connectivity index is 2.36. The van der Waals surface area contributed by atoms with Gasteiger partial charge in [0, 0.05) is 18.3 Å². The highest BCUT2D eigenvalue weighted by Gasteiger charge is 2.31. The molecule has 0 aromatic rings. The summed E-state index contributed by atoms with van der Waals surface area (Å²) >= 11 is 1.80. The minimum Gasteiger partial charge on any atom is -0.479 e. The van der Waals surface area contributed by atoms with Crippen molar-refractivity contribution in [3.63, 3.8) is 0 Å². The molecular formula is C11H20N2O4S. The Morgan fingerprint density at radius 3 is 2.44 bits per heavy atom. The first-order valence-corrected chi connectivity index (χ1v) is 7.17. The lowest BCUT2D eigenvalue weighted by Crippen LogP contribution is -2.51. The van der Waals surface area contributed by atoms with Crippen molar-refractivity contribution in [3.8, 4) is 0 Å². The number of carbonyl (C=O) groups is 2. The van der Waals surface area contributed by atoms with Crippen LogP contribution in [0.5, 0.6) is 0 Å². The normalized spacial score (nSPS) is 20.3. The molecule has 1 aliphatic heterocycles. The molecule has 0 spiro atoms. The van der Waals surface area contributed by atoms with Gasteiger partial charge in [0.1, 0.15) is 0 Å². The van der Waals surface area contributed by atoms with Crippen LogP contribution in [-0.4, -0.2) is 63.9 Å². The third-order valence-corrected chi connectivity index (χ3v) is 4.25. The molecule has 1 rings (SSSR count). The Hall–Kier alpha value is -0.950. The average molecular weight is 276 g/mol. The van der Waals surface area contributed by atoms with Gasteiger partial charge in [-0.1, -0.05) is 0 Å². The van der Waals surface area contributed by atoms with Crippen LogP contribution in [0.4, 0.5) is 4.79 Å². The second-order valence-corrected chi connectivity index (χ2v) is 5.80. The zero-order chi connectivity index (χ0) is 13.8. The summed E-state index contributed by atoms with van der Waals surface area (Å²) in [6, 6.07) is -0.309. The standard InChI is InChI=1S/C11H20N2O4S/c1-11(17,9(14)15)7-12-10(16)13-5-3-8(18-2)4-6-13/h8,17H,3-7H2,1-2H3,(H,12,16)(H,14,15). The zero-order valence-corrected chi connectivity index (χ0v) is 11.5. The van der Waals surface area contributed by atoms with Gasteiger partial charge in [0.2, 0.25) is 0 Å². The number of nitrogens with one attached hydrogen (secondary N) is 1. The van der Waals surface area contributed by atoms with Gasteiger partial charge in [0.05, 0.1) is 6.54 Å². The summed E-state index contributed by atoms with van der Waals surface area (Å²) in [7, 11) is 0. The quantitative estimate of drug-likeness (QED) is 0.690. The van der Waals surface area contributed by atoms with Crippen LogP contribution in [0, 0.1) is 0 Å². The maximum Gasteiger partial charge on any atom is 0.337 e. The molecule has 3 N–H and O–H groups in total. The number of hydrogen-bond acceptors (Lipinski definition) is 4. The van der Waals surface area contributed by atoms with Crippen LogP contribution in [0.2, 0.25) is 0 Å². The molecule has 104 valence electrons. The van der Waals surface area contributed by atoms with Crippen LogP contribution in [-0.2, 0) is 4.79 Å². The number of aliphatic carboxylic acids is 1. The van der Waals surface area contributed by atoms with Crippen molar-refractivity contribution in [1.82, 2.24) is 10.2 Å². The lowest BCUT2D eigenvalue weighted by molar-refractivity contribution is -0.155. The second-order valence-electron chi connectivity index (χ2n) is 4.66. The highest BCUT2D eigenvalue weighted by Crippen LogP contribution is 2.20. The number of thioether (sulfide) groups is 1. The summed E-state index contributed by atoms with van der Waals surface area (Å²) < 4.78 is 0. The number of urea groups is 1. The number of carbonyl (C=O) groups excluding carboxylic acids is 1. The van der Waals surface area contributed by atoms with Crippen LogP contribution in [0.25, 0.3) is 0 Å². The molecule has 0 aromatic carbocycles. The van der Waals surface area contributed by atoms with E-state index in [1.54, 1.807) is 16.7 Å². The fourth-order valence-electron chi connectivity index (χ4n) is 1.73. The minimum atomic E-state index is -1.92. The van der Waals surface area contributed by atoms with E-state index in [0.29, 0.717) is 18.3 Å². The van der Waals surface area contributed by atoms with E-state index in [9.17, 15) is 14.7 Å². The van der Waals surface area contributed by atoms with Crippen LogP contribution < -0.4 is 5.32 Å². The van der Waals surface area contributed by atoms with Gasteiger partial charge < -0.3 is 20.4 Å². The van der Waals surface area contributed by atoms with Gasteiger partial charge in [0.25, 0.3) is 0 Å². The molecule has 0 radical (unpaired) electrons. The lowest BCUT2D eigenvalue weighted by Gasteiger charge is -2.31. The van der Waals surface area contributed by atoms with E-state index in [2.05, 4.69) is 11.6 Å². The number of rotatable bonds is 4. The van der Waals surface area contributed by atoms with Gasteiger partial charge in [0.15, 0.2) is 5.60 Å². The smallest absolute Gasteiger partial charge is 0.337 e. The molecular weight excluding hydrogens is 256 g/mol. The topological polar surface area (TPSA) is 89.9 Å². The monoisotopic (exact) mass is 276 g/mol. The molecule has 18 heavy (non-hydrogen) atoms. The number of hydrogen-bond donors (Lipinski definition) is 3. The van der Waals surface area contributed by atoms with Gasteiger partial charge in [-0.2, -0.15) is 11.8 Å². The van der Waals surface area contributed by atoms with Crippen molar-refractivity contribution >= 4 is 23.8 Å². The van der Waals surface area contributed by atoms with Crippen LogP contribution >= 0.6 is 11.8 Å². The van der Waals surface area contributed by atoms with Gasteiger partial charge in [-0.15, -0.1) is 0 Å². The molecule has 1 atom stereocenters. The number of piperidine rings is 1. The fraction of sp³-hybridized carbons (Fsp3) is 0.818. The number of nitrogens with zero attached hydrogens (tertiary/aromatic N) is 1.